The van der Waals surface area contributed by atoms with Crippen molar-refractivity contribution in [2.75, 3.05) is 5.43 Å². The summed E-state index contributed by atoms with van der Waals surface area (Å²) >= 11 is 0. The minimum atomic E-state index is 0.798. The third-order valence-corrected chi connectivity index (χ3v) is 3.14. The third kappa shape index (κ3) is 3.09. The number of anilines is 1. The second kappa shape index (κ2) is 5.15. The van der Waals surface area contributed by atoms with Gasteiger partial charge in [-0.3, -0.25) is 5.43 Å². The molecule has 1 saturated carbocycles. The van der Waals surface area contributed by atoms with E-state index < -0.39 is 0 Å². The molecule has 1 aliphatic carbocycles. The first kappa shape index (κ1) is 11.2. The van der Waals surface area contributed by atoms with Crippen LogP contribution in [0, 0.1) is 12.8 Å². The van der Waals surface area contributed by atoms with Crippen LogP contribution < -0.4 is 5.43 Å². The van der Waals surface area contributed by atoms with Crippen LogP contribution in [0.15, 0.2) is 29.4 Å². The smallest absolute Gasteiger partial charge is 0.0561 e. The van der Waals surface area contributed by atoms with E-state index in [0.29, 0.717) is 0 Å². The summed E-state index contributed by atoms with van der Waals surface area (Å²) in [6, 6.07) is 8.36. The summed E-state index contributed by atoms with van der Waals surface area (Å²) in [5.41, 5.74) is 6.83. The van der Waals surface area contributed by atoms with Gasteiger partial charge in [0.05, 0.1) is 5.69 Å². The lowest BCUT2D eigenvalue weighted by molar-refractivity contribution is 0.500. The number of aryl methyl sites for hydroxylation is 1. The number of hydrogen-bond donors (Lipinski definition) is 1. The molecule has 0 aromatic heterocycles. The molecule has 16 heavy (non-hydrogen) atoms. The Morgan fingerprint density at radius 2 is 2.00 bits per heavy atom. The predicted octanol–water partition coefficient (Wildman–Crippen LogP) is 3.97. The van der Waals surface area contributed by atoms with Crippen molar-refractivity contribution in [1.82, 2.24) is 0 Å². The fourth-order valence-electron chi connectivity index (χ4n) is 2.13. The molecule has 1 aliphatic rings. The molecular weight excluding hydrogens is 196 g/mol. The van der Waals surface area contributed by atoms with Gasteiger partial charge in [0.15, 0.2) is 0 Å². The lowest BCUT2D eigenvalue weighted by atomic mass is 9.89. The van der Waals surface area contributed by atoms with Gasteiger partial charge in [-0.05, 0) is 50.7 Å². The molecule has 1 atom stereocenters. The summed E-state index contributed by atoms with van der Waals surface area (Å²) in [6.07, 6.45) is 4.95. The molecule has 1 aromatic carbocycles. The Labute approximate surface area is 97.8 Å². The van der Waals surface area contributed by atoms with E-state index in [1.807, 2.05) is 0 Å². The molecule has 86 valence electrons. The van der Waals surface area contributed by atoms with Crippen molar-refractivity contribution in [1.29, 1.82) is 0 Å². The van der Waals surface area contributed by atoms with Crippen LogP contribution in [0.4, 0.5) is 5.69 Å². The molecule has 1 fully saturated rings. The summed E-state index contributed by atoms with van der Waals surface area (Å²) in [5, 5.41) is 4.50. The molecule has 2 rings (SSSR count). The van der Waals surface area contributed by atoms with Gasteiger partial charge in [0.1, 0.15) is 0 Å². The standard InChI is InChI=1S/C14H20N2/c1-11-6-8-13(9-7-11)15-16-14-5-3-4-12(2)10-14/h6-9,12,15H,3-5,10H2,1-2H3/b16-14-/t12-/m0/s1. The van der Waals surface area contributed by atoms with E-state index in [2.05, 4.69) is 48.6 Å². The van der Waals surface area contributed by atoms with Gasteiger partial charge in [-0.25, -0.2) is 0 Å². The first-order chi connectivity index (χ1) is 7.74. The average Bonchev–Trinajstić information content (AvgIpc) is 2.28. The maximum atomic E-state index is 4.50. The van der Waals surface area contributed by atoms with E-state index >= 15 is 0 Å². The monoisotopic (exact) mass is 216 g/mol. The Bertz CT molecular complexity index is 365. The zero-order valence-electron chi connectivity index (χ0n) is 10.2. The van der Waals surface area contributed by atoms with Crippen LogP contribution in [0.2, 0.25) is 0 Å². The van der Waals surface area contributed by atoms with Crippen LogP contribution in [-0.2, 0) is 0 Å². The first-order valence-electron chi connectivity index (χ1n) is 6.12. The fourth-order valence-corrected chi connectivity index (χ4v) is 2.13. The van der Waals surface area contributed by atoms with E-state index in [1.54, 1.807) is 0 Å². The summed E-state index contributed by atoms with van der Waals surface area (Å²) in [7, 11) is 0. The molecule has 0 saturated heterocycles. The van der Waals surface area contributed by atoms with E-state index in [4.69, 9.17) is 0 Å². The maximum absolute atomic E-state index is 4.50. The van der Waals surface area contributed by atoms with Crippen LogP contribution in [0.5, 0.6) is 0 Å². The average molecular weight is 216 g/mol. The third-order valence-electron chi connectivity index (χ3n) is 3.14. The van der Waals surface area contributed by atoms with Gasteiger partial charge in [0.2, 0.25) is 0 Å². The summed E-state index contributed by atoms with van der Waals surface area (Å²) in [4.78, 5) is 0. The molecule has 2 nitrogen and oxygen atoms in total. The SMILES string of the molecule is Cc1ccc(N/N=C2/CCC[C@H](C)C2)cc1. The van der Waals surface area contributed by atoms with Crippen molar-refractivity contribution in [2.24, 2.45) is 11.0 Å². The lowest BCUT2D eigenvalue weighted by Gasteiger charge is -2.19. The summed E-state index contributed by atoms with van der Waals surface area (Å²) in [6.45, 7) is 4.40. The molecule has 0 heterocycles. The molecule has 0 radical (unpaired) electrons. The minimum Gasteiger partial charge on any atom is -0.279 e. The van der Waals surface area contributed by atoms with Gasteiger partial charge < -0.3 is 0 Å². The van der Waals surface area contributed by atoms with Gasteiger partial charge >= 0.3 is 0 Å². The molecule has 2 heteroatoms. The number of nitrogens with one attached hydrogen (secondary N) is 1. The largest absolute Gasteiger partial charge is 0.279 e. The molecule has 1 aromatic rings. The highest BCUT2D eigenvalue weighted by Crippen LogP contribution is 2.21. The normalized spacial score (nSPS) is 23.4. The van der Waals surface area contributed by atoms with Gasteiger partial charge in [0, 0.05) is 5.71 Å². The van der Waals surface area contributed by atoms with Crippen molar-refractivity contribution in [3.05, 3.63) is 29.8 Å². The topological polar surface area (TPSA) is 24.4 Å². The Morgan fingerprint density at radius 3 is 2.69 bits per heavy atom. The van der Waals surface area contributed by atoms with Crippen molar-refractivity contribution in [3.8, 4) is 0 Å². The van der Waals surface area contributed by atoms with E-state index in [0.717, 1.165) is 24.4 Å². The van der Waals surface area contributed by atoms with E-state index in [1.165, 1.54) is 24.1 Å². The number of benzene rings is 1. The van der Waals surface area contributed by atoms with Crippen LogP contribution in [0.1, 0.15) is 38.2 Å². The molecular formula is C14H20N2. The van der Waals surface area contributed by atoms with Gasteiger partial charge in [0.25, 0.3) is 0 Å². The summed E-state index contributed by atoms with van der Waals surface area (Å²) in [5.74, 6) is 0.798. The number of hydrazone groups is 1. The lowest BCUT2D eigenvalue weighted by Crippen LogP contribution is -2.13. The highest BCUT2D eigenvalue weighted by atomic mass is 15.3. The molecule has 0 bridgehead atoms. The highest BCUT2D eigenvalue weighted by Gasteiger charge is 2.13. The van der Waals surface area contributed by atoms with Crippen LogP contribution >= 0.6 is 0 Å². The number of nitrogens with zero attached hydrogens (tertiary/aromatic N) is 1. The molecule has 0 amide bonds. The molecule has 0 spiro atoms. The first-order valence-corrected chi connectivity index (χ1v) is 6.12. The zero-order valence-corrected chi connectivity index (χ0v) is 10.2. The second-order valence-corrected chi connectivity index (χ2v) is 4.86. The predicted molar refractivity (Wildman–Crippen MR) is 69.9 cm³/mol. The quantitative estimate of drug-likeness (QED) is 0.743. The Hall–Kier alpha value is -1.31. The van der Waals surface area contributed by atoms with Crippen molar-refractivity contribution in [3.63, 3.8) is 0 Å². The number of hydrogen-bond acceptors (Lipinski definition) is 2. The van der Waals surface area contributed by atoms with Gasteiger partial charge in [-0.15, -0.1) is 0 Å². The molecule has 0 unspecified atom stereocenters. The highest BCUT2D eigenvalue weighted by molar-refractivity contribution is 5.85. The van der Waals surface area contributed by atoms with E-state index in [9.17, 15) is 0 Å². The van der Waals surface area contributed by atoms with Crippen molar-refractivity contribution in [2.45, 2.75) is 39.5 Å². The zero-order chi connectivity index (χ0) is 11.4. The van der Waals surface area contributed by atoms with Crippen LogP contribution in [0.25, 0.3) is 0 Å². The second-order valence-electron chi connectivity index (χ2n) is 4.86. The minimum absolute atomic E-state index is 0.798. The van der Waals surface area contributed by atoms with Crippen molar-refractivity contribution >= 4 is 11.4 Å². The summed E-state index contributed by atoms with van der Waals surface area (Å²) < 4.78 is 0. The van der Waals surface area contributed by atoms with E-state index in [-0.39, 0.29) is 0 Å². The molecule has 1 N–H and O–H groups in total. The fraction of sp³-hybridized carbons (Fsp3) is 0.500. The van der Waals surface area contributed by atoms with Crippen molar-refractivity contribution < 1.29 is 0 Å². The Kier molecular flexibility index (Phi) is 3.60. The van der Waals surface area contributed by atoms with Gasteiger partial charge in [-0.1, -0.05) is 24.6 Å². The number of rotatable bonds is 2. The van der Waals surface area contributed by atoms with Gasteiger partial charge in [-0.2, -0.15) is 5.10 Å². The van der Waals surface area contributed by atoms with Crippen LogP contribution in [-0.4, -0.2) is 5.71 Å². The Balaban J connectivity index is 1.95. The van der Waals surface area contributed by atoms with Crippen LogP contribution in [0.3, 0.4) is 0 Å². The maximum Gasteiger partial charge on any atom is 0.0561 e. The Morgan fingerprint density at radius 1 is 1.25 bits per heavy atom. The molecule has 0 aliphatic heterocycles.